The number of benzene rings is 1. The number of β-amino-alcohol motifs (C(OH)–C–C–N with tert-alkyl or cyclic N) is 1. The summed E-state index contributed by atoms with van der Waals surface area (Å²) in [6, 6.07) is 8.72. The van der Waals surface area contributed by atoms with Gasteiger partial charge in [0.25, 0.3) is 0 Å². The van der Waals surface area contributed by atoms with Crippen molar-refractivity contribution in [3.8, 4) is 0 Å². The Morgan fingerprint density at radius 1 is 1.35 bits per heavy atom. The molecule has 1 aliphatic rings. The van der Waals surface area contributed by atoms with E-state index in [-0.39, 0.29) is 18.6 Å². The molecular formula is C19H30N4O3. The molecule has 2 atom stereocenters. The maximum atomic E-state index is 12.2. The highest BCUT2D eigenvalue weighted by molar-refractivity contribution is 5.92. The van der Waals surface area contributed by atoms with Gasteiger partial charge < -0.3 is 25.5 Å². The number of urea groups is 1. The summed E-state index contributed by atoms with van der Waals surface area (Å²) >= 11 is 0. The Morgan fingerprint density at radius 3 is 2.73 bits per heavy atom. The van der Waals surface area contributed by atoms with E-state index >= 15 is 0 Å². The summed E-state index contributed by atoms with van der Waals surface area (Å²) in [5, 5.41) is 14.8. The van der Waals surface area contributed by atoms with Gasteiger partial charge in [-0.2, -0.15) is 0 Å². The lowest BCUT2D eigenvalue weighted by atomic mass is 10.1. The molecule has 7 nitrogen and oxygen atoms in total. The van der Waals surface area contributed by atoms with Gasteiger partial charge in [-0.25, -0.2) is 4.79 Å². The number of nitrogens with zero attached hydrogens (tertiary/aromatic N) is 2. The molecule has 7 heteroatoms. The van der Waals surface area contributed by atoms with Crippen molar-refractivity contribution < 1.29 is 14.7 Å². The number of likely N-dealkylation sites (tertiary alicyclic amines) is 1. The molecule has 0 aliphatic carbocycles. The van der Waals surface area contributed by atoms with Crippen LogP contribution in [0.5, 0.6) is 0 Å². The van der Waals surface area contributed by atoms with Crippen molar-refractivity contribution in [2.75, 3.05) is 45.1 Å². The standard InChI is InChI=1S/C19H30N4O3/c1-15(8-10-23-11-9-17(24)14-23)13-22(2)18(25)12-20-19(26)21-16-6-4-3-5-7-16/h3-7,15,17,24H,8-14H2,1-2H3,(H2,20,21,26)/t15-,17-/m0/s1. The van der Waals surface area contributed by atoms with Crippen LogP contribution in [0, 0.1) is 5.92 Å². The highest BCUT2D eigenvalue weighted by Gasteiger charge is 2.21. The minimum atomic E-state index is -0.390. The van der Waals surface area contributed by atoms with Crippen LogP contribution in [0.15, 0.2) is 30.3 Å². The number of hydrogen-bond donors (Lipinski definition) is 3. The summed E-state index contributed by atoms with van der Waals surface area (Å²) in [6.07, 6.45) is 1.64. The molecule has 0 bridgehead atoms. The average Bonchev–Trinajstić information content (AvgIpc) is 3.04. The first-order chi connectivity index (χ1) is 12.4. The van der Waals surface area contributed by atoms with Crippen LogP contribution in [-0.4, -0.2) is 72.7 Å². The Balaban J connectivity index is 1.62. The van der Waals surface area contributed by atoms with Gasteiger partial charge >= 0.3 is 6.03 Å². The van der Waals surface area contributed by atoms with Crippen LogP contribution < -0.4 is 10.6 Å². The average molecular weight is 362 g/mol. The molecule has 3 N–H and O–H groups in total. The normalized spacial score (nSPS) is 18.3. The number of anilines is 1. The molecule has 1 aromatic carbocycles. The van der Waals surface area contributed by atoms with Gasteiger partial charge in [0.05, 0.1) is 12.6 Å². The molecule has 0 unspecified atom stereocenters. The Hall–Kier alpha value is -2.12. The van der Waals surface area contributed by atoms with Crippen molar-refractivity contribution in [3.63, 3.8) is 0 Å². The summed E-state index contributed by atoms with van der Waals surface area (Å²) in [5.41, 5.74) is 0.687. The molecule has 1 heterocycles. The van der Waals surface area contributed by atoms with E-state index < -0.39 is 6.03 Å². The lowest BCUT2D eigenvalue weighted by Gasteiger charge is -2.23. The first-order valence-corrected chi connectivity index (χ1v) is 9.18. The van der Waals surface area contributed by atoms with E-state index in [1.54, 1.807) is 24.1 Å². The van der Waals surface area contributed by atoms with Crippen molar-refractivity contribution >= 4 is 17.6 Å². The number of carbonyl (C=O) groups excluding carboxylic acids is 2. The second kappa shape index (κ2) is 10.1. The maximum absolute atomic E-state index is 12.2. The molecule has 144 valence electrons. The Morgan fingerprint density at radius 2 is 2.08 bits per heavy atom. The molecule has 26 heavy (non-hydrogen) atoms. The van der Waals surface area contributed by atoms with E-state index in [0.29, 0.717) is 18.2 Å². The van der Waals surface area contributed by atoms with E-state index in [1.165, 1.54) is 0 Å². The molecule has 3 amide bonds. The maximum Gasteiger partial charge on any atom is 0.319 e. The Bertz CT molecular complexity index is 581. The fraction of sp³-hybridized carbons (Fsp3) is 0.579. The fourth-order valence-corrected chi connectivity index (χ4v) is 3.07. The number of carbonyl (C=O) groups is 2. The van der Waals surface area contributed by atoms with Crippen LogP contribution in [0.2, 0.25) is 0 Å². The first kappa shape index (κ1) is 20.2. The number of aliphatic hydroxyl groups excluding tert-OH is 1. The monoisotopic (exact) mass is 362 g/mol. The summed E-state index contributed by atoms with van der Waals surface area (Å²) in [7, 11) is 1.76. The van der Waals surface area contributed by atoms with Gasteiger partial charge in [-0.3, -0.25) is 4.79 Å². The predicted octanol–water partition coefficient (Wildman–Crippen LogP) is 1.36. The van der Waals surface area contributed by atoms with Crippen LogP contribution in [0.25, 0.3) is 0 Å². The molecule has 0 saturated carbocycles. The van der Waals surface area contributed by atoms with Gasteiger partial charge in [0.15, 0.2) is 0 Å². The van der Waals surface area contributed by atoms with Crippen molar-refractivity contribution in [1.29, 1.82) is 0 Å². The Labute approximate surface area is 155 Å². The molecule has 2 rings (SSSR count). The Kier molecular flexibility index (Phi) is 7.87. The van der Waals surface area contributed by atoms with Crippen molar-refractivity contribution in [1.82, 2.24) is 15.1 Å². The molecule has 0 aromatic heterocycles. The third-order valence-corrected chi connectivity index (χ3v) is 4.63. The second-order valence-corrected chi connectivity index (χ2v) is 7.08. The van der Waals surface area contributed by atoms with Crippen LogP contribution in [0.1, 0.15) is 19.8 Å². The largest absolute Gasteiger partial charge is 0.392 e. The number of likely N-dealkylation sites (N-methyl/N-ethyl adjacent to an activating group) is 1. The van der Waals surface area contributed by atoms with Crippen molar-refractivity contribution in [2.24, 2.45) is 5.92 Å². The summed E-state index contributed by atoms with van der Waals surface area (Å²) in [4.78, 5) is 27.9. The predicted molar refractivity (Wildman–Crippen MR) is 102 cm³/mol. The number of aliphatic hydroxyl groups is 1. The van der Waals surface area contributed by atoms with E-state index in [1.807, 2.05) is 18.2 Å². The zero-order valence-electron chi connectivity index (χ0n) is 15.6. The van der Waals surface area contributed by atoms with Crippen LogP contribution in [-0.2, 0) is 4.79 Å². The highest BCUT2D eigenvalue weighted by atomic mass is 16.3. The number of hydrogen-bond acceptors (Lipinski definition) is 4. The van der Waals surface area contributed by atoms with Crippen LogP contribution in [0.3, 0.4) is 0 Å². The van der Waals surface area contributed by atoms with Gasteiger partial charge in [0.2, 0.25) is 5.91 Å². The van der Waals surface area contributed by atoms with Gasteiger partial charge in [-0.15, -0.1) is 0 Å². The first-order valence-electron chi connectivity index (χ1n) is 9.18. The number of amides is 3. The number of rotatable bonds is 8. The SMILES string of the molecule is C[C@@H](CCN1CC[C@H](O)C1)CN(C)C(=O)CNC(=O)Nc1ccccc1. The van der Waals surface area contributed by atoms with Gasteiger partial charge in [0, 0.05) is 32.4 Å². The highest BCUT2D eigenvalue weighted by Crippen LogP contribution is 2.12. The second-order valence-electron chi connectivity index (χ2n) is 7.08. The van der Waals surface area contributed by atoms with E-state index in [2.05, 4.69) is 22.5 Å². The van der Waals surface area contributed by atoms with E-state index in [0.717, 1.165) is 32.5 Å². The van der Waals surface area contributed by atoms with E-state index in [9.17, 15) is 14.7 Å². The molecule has 0 radical (unpaired) electrons. The van der Waals surface area contributed by atoms with Crippen molar-refractivity contribution in [2.45, 2.75) is 25.9 Å². The van der Waals surface area contributed by atoms with Gasteiger partial charge in [0.1, 0.15) is 0 Å². The fourth-order valence-electron chi connectivity index (χ4n) is 3.07. The van der Waals surface area contributed by atoms with Crippen LogP contribution >= 0.6 is 0 Å². The third-order valence-electron chi connectivity index (χ3n) is 4.63. The zero-order valence-corrected chi connectivity index (χ0v) is 15.6. The third kappa shape index (κ3) is 7.01. The summed E-state index contributed by atoms with van der Waals surface area (Å²) < 4.78 is 0. The molecule has 0 spiro atoms. The van der Waals surface area contributed by atoms with E-state index in [4.69, 9.17) is 0 Å². The molecule has 1 aliphatic heterocycles. The molecule has 1 fully saturated rings. The number of nitrogens with one attached hydrogen (secondary N) is 2. The van der Waals surface area contributed by atoms with Gasteiger partial charge in [-0.05, 0) is 37.4 Å². The molecular weight excluding hydrogens is 332 g/mol. The van der Waals surface area contributed by atoms with Crippen LogP contribution in [0.4, 0.5) is 10.5 Å². The molecule has 1 saturated heterocycles. The lowest BCUT2D eigenvalue weighted by Crippen LogP contribution is -2.41. The minimum Gasteiger partial charge on any atom is -0.392 e. The quantitative estimate of drug-likeness (QED) is 0.652. The summed E-state index contributed by atoms with van der Waals surface area (Å²) in [5.74, 6) is 0.247. The lowest BCUT2D eigenvalue weighted by molar-refractivity contribution is -0.129. The zero-order chi connectivity index (χ0) is 18.9. The van der Waals surface area contributed by atoms with Crippen molar-refractivity contribution in [3.05, 3.63) is 30.3 Å². The van der Waals surface area contributed by atoms with Gasteiger partial charge in [-0.1, -0.05) is 25.1 Å². The minimum absolute atomic E-state index is 0.0276. The molecule has 1 aromatic rings. The number of para-hydroxylation sites is 1. The smallest absolute Gasteiger partial charge is 0.319 e. The topological polar surface area (TPSA) is 84.9 Å². The summed E-state index contributed by atoms with van der Waals surface area (Å²) in [6.45, 7) is 5.38.